The van der Waals surface area contributed by atoms with Gasteiger partial charge in [-0.1, -0.05) is 31.0 Å². The summed E-state index contributed by atoms with van der Waals surface area (Å²) >= 11 is 1.44. The molecule has 0 bridgehead atoms. The van der Waals surface area contributed by atoms with Crippen LogP contribution >= 0.6 is 11.8 Å². The lowest BCUT2D eigenvalue weighted by atomic mass is 9.95. The Morgan fingerprint density at radius 2 is 2.03 bits per heavy atom. The number of hydrogen-bond donors (Lipinski definition) is 1. The van der Waals surface area contributed by atoms with E-state index >= 15 is 0 Å². The molecular formula is C21H28N6O2S. The highest BCUT2D eigenvalue weighted by molar-refractivity contribution is 8.00. The Labute approximate surface area is 180 Å². The minimum Gasteiger partial charge on any atom is -0.461 e. The third kappa shape index (κ3) is 4.03. The predicted octanol–water partition coefficient (Wildman–Crippen LogP) is 4.51. The van der Waals surface area contributed by atoms with E-state index < -0.39 is 0 Å². The Hall–Kier alpha value is -2.55. The first-order valence-corrected chi connectivity index (χ1v) is 11.3. The van der Waals surface area contributed by atoms with Gasteiger partial charge in [-0.2, -0.15) is 5.10 Å². The second-order valence-electron chi connectivity index (χ2n) is 7.86. The fraction of sp³-hybridized carbons (Fsp3) is 0.524. The quantitative estimate of drug-likeness (QED) is 0.581. The number of furan rings is 1. The summed E-state index contributed by atoms with van der Waals surface area (Å²) in [6.45, 7) is 5.74. The maximum Gasteiger partial charge on any atom is 0.237 e. The van der Waals surface area contributed by atoms with Gasteiger partial charge in [0.05, 0.1) is 28.6 Å². The van der Waals surface area contributed by atoms with Gasteiger partial charge in [0.25, 0.3) is 0 Å². The van der Waals surface area contributed by atoms with Crippen molar-refractivity contribution in [1.29, 1.82) is 0 Å². The average Bonchev–Trinajstić information content (AvgIpc) is 3.45. The van der Waals surface area contributed by atoms with Crippen LogP contribution in [0.4, 0.5) is 5.69 Å². The molecule has 8 nitrogen and oxygen atoms in total. The summed E-state index contributed by atoms with van der Waals surface area (Å²) < 4.78 is 9.55. The minimum atomic E-state index is -0.333. The van der Waals surface area contributed by atoms with E-state index in [1.807, 2.05) is 40.0 Å². The van der Waals surface area contributed by atoms with Crippen LogP contribution in [-0.2, 0) is 11.8 Å². The lowest BCUT2D eigenvalue weighted by molar-refractivity contribution is -0.115. The number of nitrogens with zero attached hydrogens (tertiary/aromatic N) is 5. The lowest BCUT2D eigenvalue weighted by Gasteiger charge is -2.25. The Bertz CT molecular complexity index is 1020. The number of carbonyl (C=O) groups is 1. The van der Waals surface area contributed by atoms with E-state index in [0.717, 1.165) is 40.9 Å². The first-order chi connectivity index (χ1) is 14.5. The number of aryl methyl sites for hydroxylation is 2. The Morgan fingerprint density at radius 1 is 1.27 bits per heavy atom. The predicted molar refractivity (Wildman–Crippen MR) is 116 cm³/mol. The van der Waals surface area contributed by atoms with Crippen molar-refractivity contribution >= 4 is 23.4 Å². The number of thioether (sulfide) groups is 1. The van der Waals surface area contributed by atoms with Crippen molar-refractivity contribution in [3.05, 3.63) is 29.8 Å². The zero-order valence-electron chi connectivity index (χ0n) is 17.9. The first kappa shape index (κ1) is 20.7. The van der Waals surface area contributed by atoms with Gasteiger partial charge >= 0.3 is 0 Å². The second kappa shape index (κ2) is 8.67. The van der Waals surface area contributed by atoms with Crippen LogP contribution in [0.5, 0.6) is 0 Å². The Kier molecular flexibility index (Phi) is 5.99. The fourth-order valence-electron chi connectivity index (χ4n) is 3.99. The summed E-state index contributed by atoms with van der Waals surface area (Å²) in [5, 5.41) is 16.7. The van der Waals surface area contributed by atoms with E-state index in [1.54, 1.807) is 10.9 Å². The molecule has 1 N–H and O–H groups in total. The van der Waals surface area contributed by atoms with Crippen LogP contribution in [0, 0.1) is 13.8 Å². The van der Waals surface area contributed by atoms with Gasteiger partial charge in [-0.05, 0) is 45.7 Å². The van der Waals surface area contributed by atoms with Crippen LogP contribution < -0.4 is 5.32 Å². The maximum absolute atomic E-state index is 12.9. The van der Waals surface area contributed by atoms with Crippen molar-refractivity contribution in [2.45, 2.75) is 69.3 Å². The SMILES string of the molecule is Cc1nn(C)c(C)c1NC(=O)C(C)Sc1nnc(-c2ccco2)n1C1CCCCC1. The summed E-state index contributed by atoms with van der Waals surface area (Å²) in [4.78, 5) is 12.9. The normalized spacial score (nSPS) is 16.0. The van der Waals surface area contributed by atoms with Crippen molar-refractivity contribution in [1.82, 2.24) is 24.5 Å². The molecule has 9 heteroatoms. The summed E-state index contributed by atoms with van der Waals surface area (Å²) in [5.41, 5.74) is 2.52. The molecule has 1 fully saturated rings. The average molecular weight is 429 g/mol. The molecule has 0 aromatic carbocycles. The zero-order valence-corrected chi connectivity index (χ0v) is 18.7. The molecule has 1 aliphatic carbocycles. The highest BCUT2D eigenvalue weighted by Crippen LogP contribution is 2.37. The van der Waals surface area contributed by atoms with Crippen LogP contribution in [0.25, 0.3) is 11.6 Å². The molecule has 1 aliphatic rings. The highest BCUT2D eigenvalue weighted by Gasteiger charge is 2.27. The number of rotatable bonds is 6. The molecular weight excluding hydrogens is 400 g/mol. The van der Waals surface area contributed by atoms with Crippen LogP contribution in [-0.4, -0.2) is 35.7 Å². The van der Waals surface area contributed by atoms with E-state index in [0.29, 0.717) is 11.8 Å². The molecule has 1 unspecified atom stereocenters. The van der Waals surface area contributed by atoms with E-state index in [9.17, 15) is 4.79 Å². The molecule has 3 aromatic heterocycles. The maximum atomic E-state index is 12.9. The molecule has 3 heterocycles. The molecule has 160 valence electrons. The molecule has 3 aromatic rings. The van der Waals surface area contributed by atoms with Gasteiger partial charge < -0.3 is 9.73 Å². The summed E-state index contributed by atoms with van der Waals surface area (Å²) in [7, 11) is 1.87. The molecule has 0 radical (unpaired) electrons. The molecule has 0 spiro atoms. The van der Waals surface area contributed by atoms with Crippen molar-refractivity contribution in [3.8, 4) is 11.6 Å². The van der Waals surface area contributed by atoms with Gasteiger partial charge in [0.15, 0.2) is 10.9 Å². The number of hydrogen-bond acceptors (Lipinski definition) is 6. The minimum absolute atomic E-state index is 0.0723. The number of anilines is 1. The van der Waals surface area contributed by atoms with Gasteiger partial charge in [0, 0.05) is 13.1 Å². The van der Waals surface area contributed by atoms with Gasteiger partial charge in [-0.15, -0.1) is 10.2 Å². The Morgan fingerprint density at radius 3 is 2.67 bits per heavy atom. The van der Waals surface area contributed by atoms with Crippen LogP contribution in [0.3, 0.4) is 0 Å². The molecule has 1 saturated carbocycles. The Balaban J connectivity index is 1.56. The summed E-state index contributed by atoms with van der Waals surface area (Å²) in [5.74, 6) is 1.37. The molecule has 1 atom stereocenters. The van der Waals surface area contributed by atoms with Gasteiger partial charge in [0.1, 0.15) is 0 Å². The monoisotopic (exact) mass is 428 g/mol. The van der Waals surface area contributed by atoms with Crippen LogP contribution in [0.2, 0.25) is 0 Å². The second-order valence-corrected chi connectivity index (χ2v) is 9.17. The number of carbonyl (C=O) groups excluding carboxylic acids is 1. The standard InChI is InChI=1S/C21H28N6O2S/c1-13-18(14(2)26(4)25-13)22-20(28)15(3)30-21-24-23-19(17-11-8-12-29-17)27(21)16-9-6-5-7-10-16/h8,11-12,15-16H,5-7,9-10H2,1-4H3,(H,22,28). The number of amides is 1. The molecule has 4 rings (SSSR count). The van der Waals surface area contributed by atoms with Gasteiger partial charge in [-0.25, -0.2) is 0 Å². The number of nitrogens with one attached hydrogen (secondary N) is 1. The van der Waals surface area contributed by atoms with Gasteiger partial charge in [0.2, 0.25) is 11.7 Å². The topological polar surface area (TPSA) is 90.8 Å². The van der Waals surface area contributed by atoms with Crippen molar-refractivity contribution in [2.24, 2.45) is 7.05 Å². The zero-order chi connectivity index (χ0) is 21.3. The van der Waals surface area contributed by atoms with Crippen LogP contribution in [0.1, 0.15) is 56.5 Å². The third-order valence-corrected chi connectivity index (χ3v) is 6.81. The van der Waals surface area contributed by atoms with Gasteiger partial charge in [-0.3, -0.25) is 14.0 Å². The van der Waals surface area contributed by atoms with Crippen molar-refractivity contribution in [2.75, 3.05) is 5.32 Å². The van der Waals surface area contributed by atoms with E-state index in [2.05, 4.69) is 25.2 Å². The third-order valence-electron chi connectivity index (χ3n) is 5.75. The van der Waals surface area contributed by atoms with E-state index in [1.165, 1.54) is 31.0 Å². The molecule has 1 amide bonds. The summed E-state index contributed by atoms with van der Waals surface area (Å²) in [6.07, 6.45) is 7.48. The molecule has 0 aliphatic heterocycles. The van der Waals surface area contributed by atoms with Crippen molar-refractivity contribution < 1.29 is 9.21 Å². The largest absolute Gasteiger partial charge is 0.461 e. The van der Waals surface area contributed by atoms with Crippen LogP contribution in [0.15, 0.2) is 28.0 Å². The fourth-order valence-corrected chi connectivity index (χ4v) is 4.91. The molecule has 30 heavy (non-hydrogen) atoms. The first-order valence-electron chi connectivity index (χ1n) is 10.4. The number of aromatic nitrogens is 5. The lowest BCUT2D eigenvalue weighted by Crippen LogP contribution is -2.24. The van der Waals surface area contributed by atoms with E-state index in [-0.39, 0.29) is 11.2 Å². The smallest absolute Gasteiger partial charge is 0.237 e. The van der Waals surface area contributed by atoms with E-state index in [4.69, 9.17) is 4.42 Å². The highest BCUT2D eigenvalue weighted by atomic mass is 32.2. The molecule has 0 saturated heterocycles. The summed E-state index contributed by atoms with van der Waals surface area (Å²) in [6, 6.07) is 4.09. The van der Waals surface area contributed by atoms with Crippen molar-refractivity contribution in [3.63, 3.8) is 0 Å².